The quantitative estimate of drug-likeness (QED) is 0.0755. The molecular weight excluding hydrogens is 712 g/mol. The SMILES string of the molecule is CCCCN(CC(=O)N[C@@H](Cc1c[nH]c2ccccc12)C(=O)N[C@@H](CCCNC(N)=O)C(=O)N1CCCCC1)C(=O)[C@H](Cc1ccccc1)NC(=O)CCl. The van der Waals surface area contributed by atoms with Crippen molar-refractivity contribution in [1.29, 1.82) is 0 Å². The van der Waals surface area contributed by atoms with Crippen molar-refractivity contribution >= 4 is 58.1 Å². The number of nitrogens with one attached hydrogen (secondary N) is 5. The van der Waals surface area contributed by atoms with Crippen LogP contribution in [-0.4, -0.2) is 107 Å². The van der Waals surface area contributed by atoms with Gasteiger partial charge >= 0.3 is 6.03 Å². The summed E-state index contributed by atoms with van der Waals surface area (Å²) in [7, 11) is 0. The molecule has 0 saturated carbocycles. The van der Waals surface area contributed by atoms with Gasteiger partial charge in [-0.05, 0) is 55.7 Å². The van der Waals surface area contributed by atoms with Crippen molar-refractivity contribution in [3.8, 4) is 0 Å². The molecule has 2 aromatic carbocycles. The Morgan fingerprint density at radius 1 is 0.852 bits per heavy atom. The third-order valence-corrected chi connectivity index (χ3v) is 9.71. The standard InChI is InChI=1S/C39H53ClN8O6/c1-2-3-19-48(38(53)33(45-34(49)24-40)22-27-13-6-4-7-14-27)26-35(50)44-32(23-28-25-43-30-16-9-8-15-29(28)30)36(51)46-31(17-12-18-42-39(41)54)37(52)47-20-10-5-11-21-47/h4,6-9,13-16,25,31-33,43H,2-3,5,10-12,17-24,26H2,1H3,(H,44,50)(H,45,49)(H,46,51)(H3,41,42,54)/t31-,32-,33-/m0/s1. The zero-order chi connectivity index (χ0) is 38.9. The fourth-order valence-electron chi connectivity index (χ4n) is 6.64. The van der Waals surface area contributed by atoms with E-state index in [0.29, 0.717) is 25.9 Å². The van der Waals surface area contributed by atoms with Crippen LogP contribution in [0.1, 0.15) is 63.0 Å². The smallest absolute Gasteiger partial charge is 0.312 e. The Kier molecular flexibility index (Phi) is 16.6. The summed E-state index contributed by atoms with van der Waals surface area (Å²) in [6, 6.07) is 13.1. The lowest BCUT2D eigenvalue weighted by Gasteiger charge is -2.32. The number of fused-ring (bicyclic) bond motifs is 1. The molecular formula is C39H53ClN8O6. The number of rotatable bonds is 20. The maximum absolute atomic E-state index is 14.2. The number of unbranched alkanes of at least 4 members (excludes halogenated alkanes) is 1. The number of hydrogen-bond donors (Lipinski definition) is 6. The number of hydrogen-bond acceptors (Lipinski definition) is 6. The van der Waals surface area contributed by atoms with Gasteiger partial charge in [-0.2, -0.15) is 0 Å². The number of nitrogens with two attached hydrogens (primary N) is 1. The Labute approximate surface area is 321 Å². The van der Waals surface area contributed by atoms with Crippen LogP contribution in [0.25, 0.3) is 10.9 Å². The number of benzene rings is 2. The highest BCUT2D eigenvalue weighted by Crippen LogP contribution is 2.20. The van der Waals surface area contributed by atoms with Crippen molar-refractivity contribution in [3.63, 3.8) is 0 Å². The number of H-pyrrole nitrogens is 1. The minimum absolute atomic E-state index is 0.0980. The van der Waals surface area contributed by atoms with Crippen LogP contribution in [-0.2, 0) is 36.8 Å². The Morgan fingerprint density at radius 2 is 1.56 bits per heavy atom. The van der Waals surface area contributed by atoms with E-state index in [9.17, 15) is 28.8 Å². The van der Waals surface area contributed by atoms with Gasteiger partial charge in [0, 0.05) is 56.1 Å². The third kappa shape index (κ3) is 12.8. The van der Waals surface area contributed by atoms with Gasteiger partial charge < -0.3 is 41.8 Å². The first-order chi connectivity index (χ1) is 26.1. The molecule has 1 aromatic heterocycles. The number of nitrogens with zero attached hydrogens (tertiary/aromatic N) is 2. The molecule has 4 rings (SSSR count). The number of aromatic amines is 1. The van der Waals surface area contributed by atoms with Gasteiger partial charge in [0.05, 0.1) is 6.54 Å². The Balaban J connectivity index is 1.57. The number of carbonyl (C=O) groups excluding carboxylic acids is 6. The van der Waals surface area contributed by atoms with E-state index in [-0.39, 0.29) is 50.7 Å². The molecule has 1 aliphatic heterocycles. The molecule has 2 heterocycles. The van der Waals surface area contributed by atoms with E-state index < -0.39 is 47.8 Å². The number of primary amides is 1. The summed E-state index contributed by atoms with van der Waals surface area (Å²) in [5, 5.41) is 11.9. The number of para-hydroxylation sites is 1. The van der Waals surface area contributed by atoms with Crippen LogP contribution < -0.4 is 27.0 Å². The number of urea groups is 1. The molecule has 54 heavy (non-hydrogen) atoms. The Hall–Kier alpha value is -5.11. The van der Waals surface area contributed by atoms with Gasteiger partial charge in [0.15, 0.2) is 0 Å². The summed E-state index contributed by atoms with van der Waals surface area (Å²) in [6.45, 7) is 3.23. The van der Waals surface area contributed by atoms with E-state index in [1.807, 2.05) is 61.5 Å². The summed E-state index contributed by atoms with van der Waals surface area (Å²) in [4.78, 5) is 85.9. The predicted octanol–water partition coefficient (Wildman–Crippen LogP) is 2.74. The van der Waals surface area contributed by atoms with E-state index in [2.05, 4.69) is 26.3 Å². The van der Waals surface area contributed by atoms with E-state index in [4.69, 9.17) is 17.3 Å². The van der Waals surface area contributed by atoms with E-state index in [0.717, 1.165) is 47.7 Å². The van der Waals surface area contributed by atoms with Crippen LogP contribution in [0.3, 0.4) is 0 Å². The summed E-state index contributed by atoms with van der Waals surface area (Å²) in [5.74, 6) is -2.66. The molecule has 15 heteroatoms. The molecule has 0 unspecified atom stereocenters. The van der Waals surface area contributed by atoms with E-state index in [1.54, 1.807) is 11.1 Å². The third-order valence-electron chi connectivity index (χ3n) is 9.47. The fraction of sp³-hybridized carbons (Fsp3) is 0.487. The predicted molar refractivity (Wildman–Crippen MR) is 207 cm³/mol. The van der Waals surface area contributed by atoms with Crippen molar-refractivity contribution < 1.29 is 28.8 Å². The van der Waals surface area contributed by atoms with Crippen LogP contribution in [0.2, 0.25) is 0 Å². The lowest BCUT2D eigenvalue weighted by molar-refractivity contribution is -0.140. The van der Waals surface area contributed by atoms with Gasteiger partial charge in [0.25, 0.3) is 0 Å². The first-order valence-corrected chi connectivity index (χ1v) is 19.3. The number of likely N-dealkylation sites (tertiary alicyclic amines) is 1. The molecule has 1 aliphatic rings. The Morgan fingerprint density at radius 3 is 2.26 bits per heavy atom. The number of aromatic nitrogens is 1. The van der Waals surface area contributed by atoms with Crippen LogP contribution >= 0.6 is 11.6 Å². The lowest BCUT2D eigenvalue weighted by Crippen LogP contribution is -2.57. The molecule has 7 amide bonds. The molecule has 7 N–H and O–H groups in total. The second-order valence-electron chi connectivity index (χ2n) is 13.6. The molecule has 292 valence electrons. The highest BCUT2D eigenvalue weighted by Gasteiger charge is 2.32. The molecule has 3 aromatic rings. The van der Waals surface area contributed by atoms with Crippen molar-refractivity contribution in [1.82, 2.24) is 36.1 Å². The zero-order valence-electron chi connectivity index (χ0n) is 30.9. The van der Waals surface area contributed by atoms with Crippen LogP contribution in [0.4, 0.5) is 4.79 Å². The molecule has 14 nitrogen and oxygen atoms in total. The summed E-state index contributed by atoms with van der Waals surface area (Å²) in [6.07, 6.45) is 6.80. The summed E-state index contributed by atoms with van der Waals surface area (Å²) >= 11 is 5.79. The lowest BCUT2D eigenvalue weighted by atomic mass is 10.0. The number of alkyl halides is 1. The number of amides is 7. The summed E-state index contributed by atoms with van der Waals surface area (Å²) < 4.78 is 0. The van der Waals surface area contributed by atoms with E-state index in [1.165, 1.54) is 4.90 Å². The maximum atomic E-state index is 14.2. The van der Waals surface area contributed by atoms with Crippen molar-refractivity contribution in [2.24, 2.45) is 5.73 Å². The highest BCUT2D eigenvalue weighted by atomic mass is 35.5. The van der Waals surface area contributed by atoms with Gasteiger partial charge in [0.2, 0.25) is 29.5 Å². The highest BCUT2D eigenvalue weighted by molar-refractivity contribution is 6.27. The molecule has 1 fully saturated rings. The van der Waals surface area contributed by atoms with Gasteiger partial charge in [-0.1, -0.05) is 61.9 Å². The average molecular weight is 765 g/mol. The molecule has 0 spiro atoms. The van der Waals surface area contributed by atoms with Gasteiger partial charge in [-0.3, -0.25) is 24.0 Å². The summed E-state index contributed by atoms with van der Waals surface area (Å²) in [5.41, 5.74) is 7.69. The zero-order valence-corrected chi connectivity index (χ0v) is 31.7. The van der Waals surface area contributed by atoms with Gasteiger partial charge in [-0.15, -0.1) is 11.6 Å². The van der Waals surface area contributed by atoms with Gasteiger partial charge in [-0.25, -0.2) is 4.79 Å². The fourth-order valence-corrected chi connectivity index (χ4v) is 6.72. The molecule has 3 atom stereocenters. The topological polar surface area (TPSA) is 199 Å². The molecule has 0 radical (unpaired) electrons. The van der Waals surface area contributed by atoms with Crippen molar-refractivity contribution in [2.45, 2.75) is 82.8 Å². The minimum Gasteiger partial charge on any atom is -0.361 e. The normalized spacial score (nSPS) is 14.4. The molecule has 1 saturated heterocycles. The number of carbonyl (C=O) groups is 6. The number of halogens is 1. The average Bonchev–Trinajstić information content (AvgIpc) is 3.59. The first-order valence-electron chi connectivity index (χ1n) is 18.7. The number of piperidine rings is 1. The largest absolute Gasteiger partial charge is 0.361 e. The van der Waals surface area contributed by atoms with Crippen LogP contribution in [0.5, 0.6) is 0 Å². The second-order valence-corrected chi connectivity index (χ2v) is 13.9. The van der Waals surface area contributed by atoms with Crippen molar-refractivity contribution in [2.75, 3.05) is 38.6 Å². The Bertz CT molecular complexity index is 1710. The monoisotopic (exact) mass is 764 g/mol. The van der Waals surface area contributed by atoms with Gasteiger partial charge in [0.1, 0.15) is 24.0 Å². The van der Waals surface area contributed by atoms with E-state index >= 15 is 0 Å². The molecule has 0 bridgehead atoms. The van der Waals surface area contributed by atoms with Crippen LogP contribution in [0.15, 0.2) is 60.8 Å². The van der Waals surface area contributed by atoms with Crippen LogP contribution in [0, 0.1) is 0 Å². The first kappa shape index (κ1) is 41.6. The molecule has 0 aliphatic carbocycles. The minimum atomic E-state index is -1.11. The second kappa shape index (κ2) is 21.6. The maximum Gasteiger partial charge on any atom is 0.312 e. The van der Waals surface area contributed by atoms with Crippen molar-refractivity contribution in [3.05, 3.63) is 71.9 Å².